The highest BCUT2D eigenvalue weighted by molar-refractivity contribution is 6.46. The maximum atomic E-state index is 13.3. The minimum absolute atomic E-state index is 0.00234. The lowest BCUT2D eigenvalue weighted by Gasteiger charge is -2.26. The van der Waals surface area contributed by atoms with Crippen LogP contribution in [0.1, 0.15) is 22.7 Å². The predicted molar refractivity (Wildman–Crippen MR) is 125 cm³/mol. The highest BCUT2D eigenvalue weighted by Gasteiger charge is 2.46. The lowest BCUT2D eigenvalue weighted by Crippen LogP contribution is -2.31. The third kappa shape index (κ3) is 4.37. The second kappa shape index (κ2) is 9.79. The molecule has 0 aliphatic carbocycles. The van der Waals surface area contributed by atoms with E-state index >= 15 is 0 Å². The highest BCUT2D eigenvalue weighted by atomic mass is 19.1. The molecule has 1 amide bonds. The Morgan fingerprint density at radius 1 is 0.941 bits per heavy atom. The molecule has 0 spiro atoms. The largest absolute Gasteiger partial charge is 0.507 e. The van der Waals surface area contributed by atoms with E-state index in [1.54, 1.807) is 60.7 Å². The molecular weight excluding hydrogens is 437 g/mol. The van der Waals surface area contributed by atoms with Crippen LogP contribution in [0.15, 0.2) is 78.4 Å². The molecule has 34 heavy (non-hydrogen) atoms. The molecule has 4 rings (SSSR count). The van der Waals surface area contributed by atoms with Crippen LogP contribution < -0.4 is 9.47 Å². The lowest BCUT2D eigenvalue weighted by molar-refractivity contribution is -0.139. The van der Waals surface area contributed by atoms with Crippen LogP contribution in [0.2, 0.25) is 0 Å². The van der Waals surface area contributed by atoms with Gasteiger partial charge in [-0.25, -0.2) is 4.39 Å². The minimum atomic E-state index is -0.833. The van der Waals surface area contributed by atoms with E-state index in [-0.39, 0.29) is 23.7 Å². The van der Waals surface area contributed by atoms with Gasteiger partial charge in [0, 0.05) is 12.1 Å². The van der Waals surface area contributed by atoms with Crippen molar-refractivity contribution in [2.45, 2.75) is 12.5 Å². The van der Waals surface area contributed by atoms with Gasteiger partial charge in [0.2, 0.25) is 0 Å². The number of ketones is 1. The van der Waals surface area contributed by atoms with Gasteiger partial charge in [0.05, 0.1) is 25.8 Å². The fraction of sp³-hybridized carbons (Fsp3) is 0.185. The third-order valence-electron chi connectivity index (χ3n) is 5.87. The Morgan fingerprint density at radius 3 is 2.26 bits per heavy atom. The van der Waals surface area contributed by atoms with Gasteiger partial charge in [0.1, 0.15) is 11.6 Å². The quantitative estimate of drug-likeness (QED) is 0.318. The second-order valence-corrected chi connectivity index (χ2v) is 7.85. The van der Waals surface area contributed by atoms with Crippen LogP contribution in [0.25, 0.3) is 5.76 Å². The summed E-state index contributed by atoms with van der Waals surface area (Å²) >= 11 is 0. The first-order chi connectivity index (χ1) is 16.4. The van der Waals surface area contributed by atoms with Gasteiger partial charge in [0.15, 0.2) is 11.5 Å². The van der Waals surface area contributed by atoms with E-state index in [4.69, 9.17) is 9.47 Å². The van der Waals surface area contributed by atoms with Crippen molar-refractivity contribution >= 4 is 17.4 Å². The van der Waals surface area contributed by atoms with Gasteiger partial charge in [-0.15, -0.1) is 0 Å². The van der Waals surface area contributed by atoms with E-state index in [0.717, 1.165) is 5.56 Å². The average Bonchev–Trinajstić information content (AvgIpc) is 3.13. The molecule has 1 aliphatic rings. The molecule has 1 aliphatic heterocycles. The van der Waals surface area contributed by atoms with Crippen molar-refractivity contribution in [2.75, 3.05) is 20.8 Å². The summed E-state index contributed by atoms with van der Waals surface area (Å²) < 4.78 is 24.0. The molecule has 1 saturated heterocycles. The van der Waals surface area contributed by atoms with E-state index in [2.05, 4.69) is 0 Å². The number of aliphatic hydroxyl groups excluding tert-OH is 1. The zero-order valence-electron chi connectivity index (χ0n) is 18.8. The van der Waals surface area contributed by atoms with Crippen LogP contribution in [-0.4, -0.2) is 42.5 Å². The topological polar surface area (TPSA) is 76.1 Å². The first kappa shape index (κ1) is 23.0. The average molecular weight is 461 g/mol. The zero-order chi connectivity index (χ0) is 24.2. The summed E-state index contributed by atoms with van der Waals surface area (Å²) in [5, 5.41) is 11.1. The SMILES string of the molecule is COc1ccc(C2/C(=C(/O)c3ccccc3)C(=O)C(=O)N2CCc2ccc(F)cc2)cc1OC. The maximum absolute atomic E-state index is 13.3. The number of halogens is 1. The minimum Gasteiger partial charge on any atom is -0.507 e. The van der Waals surface area contributed by atoms with Gasteiger partial charge in [-0.1, -0.05) is 48.5 Å². The normalized spacial score (nSPS) is 17.1. The summed E-state index contributed by atoms with van der Waals surface area (Å²) in [5.41, 5.74) is 1.85. The molecule has 1 atom stereocenters. The van der Waals surface area contributed by atoms with Crippen molar-refractivity contribution in [2.24, 2.45) is 0 Å². The smallest absolute Gasteiger partial charge is 0.295 e. The van der Waals surface area contributed by atoms with E-state index in [9.17, 15) is 19.1 Å². The molecule has 6 nitrogen and oxygen atoms in total. The zero-order valence-corrected chi connectivity index (χ0v) is 18.8. The van der Waals surface area contributed by atoms with Crippen molar-refractivity contribution in [3.8, 4) is 11.5 Å². The molecule has 3 aromatic rings. The summed E-state index contributed by atoms with van der Waals surface area (Å²) in [6, 6.07) is 18.9. The monoisotopic (exact) mass is 461 g/mol. The Balaban J connectivity index is 1.80. The number of aliphatic hydroxyl groups is 1. The lowest BCUT2D eigenvalue weighted by atomic mass is 9.95. The fourth-order valence-corrected chi connectivity index (χ4v) is 4.13. The number of methoxy groups -OCH3 is 2. The van der Waals surface area contributed by atoms with Crippen molar-refractivity contribution in [1.82, 2.24) is 4.90 Å². The number of amides is 1. The summed E-state index contributed by atoms with van der Waals surface area (Å²) in [6.07, 6.45) is 0.405. The van der Waals surface area contributed by atoms with Crippen molar-refractivity contribution in [3.63, 3.8) is 0 Å². The fourth-order valence-electron chi connectivity index (χ4n) is 4.13. The highest BCUT2D eigenvalue weighted by Crippen LogP contribution is 2.42. The van der Waals surface area contributed by atoms with Gasteiger partial charge in [-0.3, -0.25) is 9.59 Å². The van der Waals surface area contributed by atoms with E-state index in [0.29, 0.717) is 29.0 Å². The summed E-state index contributed by atoms with van der Waals surface area (Å²) in [5.74, 6) is -1.14. The number of hydrogen-bond donors (Lipinski definition) is 1. The number of Topliss-reactive ketones (excluding diaryl/α,β-unsaturated/α-hetero) is 1. The number of ether oxygens (including phenoxy) is 2. The maximum Gasteiger partial charge on any atom is 0.295 e. The summed E-state index contributed by atoms with van der Waals surface area (Å²) in [4.78, 5) is 27.7. The van der Waals surface area contributed by atoms with Gasteiger partial charge < -0.3 is 19.5 Å². The third-order valence-corrected chi connectivity index (χ3v) is 5.87. The van der Waals surface area contributed by atoms with Crippen LogP contribution in [0.4, 0.5) is 4.39 Å². The molecule has 3 aromatic carbocycles. The summed E-state index contributed by atoms with van der Waals surface area (Å²) in [6.45, 7) is 0.195. The molecule has 0 bridgehead atoms. The Hall–Kier alpha value is -4.13. The molecule has 174 valence electrons. The number of carbonyl (C=O) groups is 2. The van der Waals surface area contributed by atoms with Gasteiger partial charge in [-0.05, 0) is 41.8 Å². The molecule has 0 aromatic heterocycles. The molecule has 7 heteroatoms. The van der Waals surface area contributed by atoms with E-state index in [1.807, 2.05) is 0 Å². The number of likely N-dealkylation sites (tertiary alicyclic amines) is 1. The number of carbonyl (C=O) groups excluding carboxylic acids is 2. The molecular formula is C27H24FNO5. The predicted octanol–water partition coefficient (Wildman–Crippen LogP) is 4.51. The Morgan fingerprint density at radius 2 is 1.62 bits per heavy atom. The Kier molecular flexibility index (Phi) is 6.63. The Bertz CT molecular complexity index is 1240. The molecule has 1 fully saturated rings. The van der Waals surface area contributed by atoms with Crippen LogP contribution in [0.5, 0.6) is 11.5 Å². The molecule has 0 saturated carbocycles. The van der Waals surface area contributed by atoms with Gasteiger partial charge in [-0.2, -0.15) is 0 Å². The number of hydrogen-bond acceptors (Lipinski definition) is 5. The molecule has 1 unspecified atom stereocenters. The van der Waals surface area contributed by atoms with Crippen molar-refractivity contribution < 1.29 is 28.6 Å². The first-order valence-corrected chi connectivity index (χ1v) is 10.7. The van der Waals surface area contributed by atoms with E-state index < -0.39 is 17.7 Å². The second-order valence-electron chi connectivity index (χ2n) is 7.85. The van der Waals surface area contributed by atoms with Crippen LogP contribution in [-0.2, 0) is 16.0 Å². The van der Waals surface area contributed by atoms with Crippen LogP contribution in [0, 0.1) is 5.82 Å². The molecule has 0 radical (unpaired) electrons. The standard InChI is InChI=1S/C27H24FNO5/c1-33-21-13-10-19(16-22(21)34-2)24-23(25(30)18-6-4-3-5-7-18)26(31)27(32)29(24)15-14-17-8-11-20(28)12-9-17/h3-13,16,24,30H,14-15H2,1-2H3/b25-23-. The number of nitrogens with zero attached hydrogens (tertiary/aromatic N) is 1. The van der Waals surface area contributed by atoms with Crippen LogP contribution in [0.3, 0.4) is 0 Å². The van der Waals surface area contributed by atoms with E-state index in [1.165, 1.54) is 31.3 Å². The van der Waals surface area contributed by atoms with Crippen molar-refractivity contribution in [1.29, 1.82) is 0 Å². The van der Waals surface area contributed by atoms with Gasteiger partial charge in [0.25, 0.3) is 11.7 Å². The first-order valence-electron chi connectivity index (χ1n) is 10.7. The Labute approximate surface area is 196 Å². The number of rotatable bonds is 7. The molecule has 1 heterocycles. The summed E-state index contributed by atoms with van der Waals surface area (Å²) in [7, 11) is 3.01. The van der Waals surface area contributed by atoms with Gasteiger partial charge >= 0.3 is 0 Å². The number of benzene rings is 3. The van der Waals surface area contributed by atoms with Crippen molar-refractivity contribution in [3.05, 3.63) is 101 Å². The molecule has 1 N–H and O–H groups in total. The van der Waals surface area contributed by atoms with Crippen LogP contribution >= 0.6 is 0 Å².